The van der Waals surface area contributed by atoms with Crippen molar-refractivity contribution in [2.24, 2.45) is 5.73 Å². The maximum absolute atomic E-state index is 8.86. The van der Waals surface area contributed by atoms with Crippen molar-refractivity contribution in [2.75, 3.05) is 6.61 Å². The first kappa shape index (κ1) is 8.15. The molecular weight excluding hydrogens is 168 g/mol. The van der Waals surface area contributed by atoms with Crippen molar-refractivity contribution in [3.8, 4) is 0 Å². The van der Waals surface area contributed by atoms with Crippen LogP contribution in [0.3, 0.4) is 0 Å². The number of fused-ring (bicyclic) bond motifs is 1. The minimum absolute atomic E-state index is 0.129. The molecule has 0 aliphatic heterocycles. The molecule has 0 bridgehead atoms. The van der Waals surface area contributed by atoms with E-state index in [1.165, 1.54) is 0 Å². The van der Waals surface area contributed by atoms with Gasteiger partial charge in [0.2, 0.25) is 0 Å². The van der Waals surface area contributed by atoms with E-state index in [0.29, 0.717) is 5.82 Å². The molecule has 13 heavy (non-hydrogen) atoms. The average Bonchev–Trinajstić information content (AvgIpc) is 2.60. The van der Waals surface area contributed by atoms with Gasteiger partial charge in [-0.2, -0.15) is 0 Å². The highest BCUT2D eigenvalue weighted by Crippen LogP contribution is 2.08. The van der Waals surface area contributed by atoms with Gasteiger partial charge in [0.1, 0.15) is 0 Å². The lowest BCUT2D eigenvalue weighted by atomic mass is 10.3. The number of nitrogens with zero attached hydrogens (tertiary/aromatic N) is 3. The zero-order valence-electron chi connectivity index (χ0n) is 6.96. The largest absolute Gasteiger partial charge is 0.394 e. The van der Waals surface area contributed by atoms with Gasteiger partial charge >= 0.3 is 0 Å². The first-order valence-electron chi connectivity index (χ1n) is 3.99. The number of pyridine rings is 1. The van der Waals surface area contributed by atoms with Crippen LogP contribution in [0, 0.1) is 0 Å². The Bertz CT molecular complexity index is 411. The Balaban J connectivity index is 2.57. The molecule has 0 saturated carbocycles. The molecule has 0 spiro atoms. The molecule has 1 unspecified atom stereocenters. The normalized spacial score (nSPS) is 13.4. The monoisotopic (exact) mass is 178 g/mol. The molecule has 2 rings (SSSR count). The van der Waals surface area contributed by atoms with Gasteiger partial charge in [0.05, 0.1) is 12.6 Å². The van der Waals surface area contributed by atoms with E-state index < -0.39 is 6.04 Å². The van der Waals surface area contributed by atoms with Gasteiger partial charge in [-0.05, 0) is 12.1 Å². The van der Waals surface area contributed by atoms with Gasteiger partial charge in [-0.25, -0.2) is 0 Å². The van der Waals surface area contributed by atoms with Crippen LogP contribution >= 0.6 is 0 Å². The SMILES string of the molecule is NC(CO)c1nnc2ccccn12. The Labute approximate surface area is 74.8 Å². The third-order valence-electron chi connectivity index (χ3n) is 1.87. The second-order valence-corrected chi connectivity index (χ2v) is 2.78. The van der Waals surface area contributed by atoms with Crippen LogP contribution in [0.15, 0.2) is 24.4 Å². The molecule has 0 amide bonds. The topological polar surface area (TPSA) is 76.4 Å². The van der Waals surface area contributed by atoms with E-state index in [0.717, 1.165) is 5.65 Å². The molecule has 0 aromatic carbocycles. The molecule has 1 atom stereocenters. The van der Waals surface area contributed by atoms with E-state index in [-0.39, 0.29) is 6.61 Å². The molecule has 2 heterocycles. The molecule has 0 radical (unpaired) electrons. The summed E-state index contributed by atoms with van der Waals surface area (Å²) in [6.07, 6.45) is 1.82. The smallest absolute Gasteiger partial charge is 0.160 e. The van der Waals surface area contributed by atoms with E-state index >= 15 is 0 Å². The number of aliphatic hydroxyl groups is 1. The van der Waals surface area contributed by atoms with Gasteiger partial charge < -0.3 is 10.8 Å². The Hall–Kier alpha value is -1.46. The first-order chi connectivity index (χ1) is 6.33. The summed E-state index contributed by atoms with van der Waals surface area (Å²) in [4.78, 5) is 0. The summed E-state index contributed by atoms with van der Waals surface area (Å²) in [7, 11) is 0. The van der Waals surface area contributed by atoms with Crippen molar-refractivity contribution in [3.05, 3.63) is 30.2 Å². The summed E-state index contributed by atoms with van der Waals surface area (Å²) in [5.74, 6) is 0.582. The van der Waals surface area contributed by atoms with Gasteiger partial charge in [0, 0.05) is 6.20 Å². The fraction of sp³-hybridized carbons (Fsp3) is 0.250. The maximum atomic E-state index is 8.86. The number of nitrogens with two attached hydrogens (primary N) is 1. The number of rotatable bonds is 2. The van der Waals surface area contributed by atoms with Crippen molar-refractivity contribution in [1.29, 1.82) is 0 Å². The molecular formula is C8H10N4O. The van der Waals surface area contributed by atoms with Crippen LogP contribution in [0.5, 0.6) is 0 Å². The average molecular weight is 178 g/mol. The standard InChI is InChI=1S/C8H10N4O/c9-6(5-13)8-11-10-7-3-1-2-4-12(7)8/h1-4,6,13H,5,9H2. The van der Waals surface area contributed by atoms with Gasteiger partial charge in [0.25, 0.3) is 0 Å². The molecule has 68 valence electrons. The minimum Gasteiger partial charge on any atom is -0.394 e. The number of aromatic nitrogens is 3. The fourth-order valence-corrected chi connectivity index (χ4v) is 1.19. The van der Waals surface area contributed by atoms with Crippen molar-refractivity contribution < 1.29 is 5.11 Å². The van der Waals surface area contributed by atoms with E-state index in [1.807, 2.05) is 24.4 Å². The third-order valence-corrected chi connectivity index (χ3v) is 1.87. The van der Waals surface area contributed by atoms with Crippen LogP contribution in [0.4, 0.5) is 0 Å². The summed E-state index contributed by atoms with van der Waals surface area (Å²) < 4.78 is 1.76. The molecule has 5 heteroatoms. The third kappa shape index (κ3) is 1.28. The fourth-order valence-electron chi connectivity index (χ4n) is 1.19. The Morgan fingerprint density at radius 2 is 2.31 bits per heavy atom. The predicted octanol–water partition coefficient (Wildman–Crippen LogP) is -0.279. The maximum Gasteiger partial charge on any atom is 0.160 e. The van der Waals surface area contributed by atoms with Gasteiger partial charge in [0.15, 0.2) is 11.5 Å². The Kier molecular flexibility index (Phi) is 1.96. The zero-order valence-corrected chi connectivity index (χ0v) is 6.96. The Morgan fingerprint density at radius 1 is 1.46 bits per heavy atom. The van der Waals surface area contributed by atoms with Crippen LogP contribution in [-0.2, 0) is 0 Å². The van der Waals surface area contributed by atoms with Crippen LogP contribution in [0.1, 0.15) is 11.9 Å². The van der Waals surface area contributed by atoms with Crippen molar-refractivity contribution in [1.82, 2.24) is 14.6 Å². The molecule has 0 aliphatic rings. The zero-order chi connectivity index (χ0) is 9.26. The molecule has 3 N–H and O–H groups in total. The van der Waals surface area contributed by atoms with Crippen molar-refractivity contribution >= 4 is 5.65 Å². The van der Waals surface area contributed by atoms with E-state index in [1.54, 1.807) is 4.40 Å². The van der Waals surface area contributed by atoms with Gasteiger partial charge in [-0.1, -0.05) is 6.07 Å². The number of hydrogen-bond acceptors (Lipinski definition) is 4. The number of aliphatic hydroxyl groups excluding tert-OH is 1. The lowest BCUT2D eigenvalue weighted by Gasteiger charge is -2.04. The molecule has 5 nitrogen and oxygen atoms in total. The Morgan fingerprint density at radius 3 is 3.08 bits per heavy atom. The predicted molar refractivity (Wildman–Crippen MR) is 47.0 cm³/mol. The van der Waals surface area contributed by atoms with Crippen molar-refractivity contribution in [3.63, 3.8) is 0 Å². The highest BCUT2D eigenvalue weighted by atomic mass is 16.3. The van der Waals surface area contributed by atoms with E-state index in [2.05, 4.69) is 10.2 Å². The highest BCUT2D eigenvalue weighted by molar-refractivity contribution is 5.37. The molecule has 0 fully saturated rings. The lowest BCUT2D eigenvalue weighted by Crippen LogP contribution is -2.17. The second kappa shape index (κ2) is 3.12. The molecule has 2 aromatic heterocycles. The molecule has 2 aromatic rings. The summed E-state index contributed by atoms with van der Waals surface area (Å²) in [6.45, 7) is -0.129. The van der Waals surface area contributed by atoms with Crippen molar-refractivity contribution in [2.45, 2.75) is 6.04 Å². The quantitative estimate of drug-likeness (QED) is 0.663. The molecule has 0 saturated heterocycles. The second-order valence-electron chi connectivity index (χ2n) is 2.78. The summed E-state index contributed by atoms with van der Waals surface area (Å²) >= 11 is 0. The minimum atomic E-state index is -0.475. The van der Waals surface area contributed by atoms with Crippen LogP contribution < -0.4 is 5.73 Å². The lowest BCUT2D eigenvalue weighted by molar-refractivity contribution is 0.263. The summed E-state index contributed by atoms with van der Waals surface area (Å²) in [6, 6.07) is 5.10. The van der Waals surface area contributed by atoms with Gasteiger partial charge in [-0.3, -0.25) is 4.40 Å². The highest BCUT2D eigenvalue weighted by Gasteiger charge is 2.11. The van der Waals surface area contributed by atoms with Crippen LogP contribution in [0.2, 0.25) is 0 Å². The number of hydrogen-bond donors (Lipinski definition) is 2. The summed E-state index contributed by atoms with van der Waals surface area (Å²) in [5.41, 5.74) is 6.37. The van der Waals surface area contributed by atoms with Gasteiger partial charge in [-0.15, -0.1) is 10.2 Å². The summed E-state index contributed by atoms with van der Waals surface area (Å²) in [5, 5.41) is 16.7. The van der Waals surface area contributed by atoms with E-state index in [9.17, 15) is 0 Å². The van der Waals surface area contributed by atoms with Crippen LogP contribution in [0.25, 0.3) is 5.65 Å². The van der Waals surface area contributed by atoms with Crippen LogP contribution in [-0.4, -0.2) is 26.3 Å². The van der Waals surface area contributed by atoms with E-state index in [4.69, 9.17) is 10.8 Å². The molecule has 0 aliphatic carbocycles. The first-order valence-corrected chi connectivity index (χ1v) is 3.99.